The van der Waals surface area contributed by atoms with Gasteiger partial charge in [-0.1, -0.05) is 18.2 Å². The standard InChI is InChI=1S/C32H29N5.Pt/c1-4-14-24(15-5-1)35(31-27-20-10-12-22-29(27)36(33-31)25-16-6-2-7-17-25)32-28-21-11-13-23-30(28)37(34-32)26-18-8-3-9-19-26;/h1-9,14-16,18H,10-13,20-23H2;/q-2;+2. The van der Waals surface area contributed by atoms with Crippen molar-refractivity contribution in [1.82, 2.24) is 19.6 Å². The number of para-hydroxylation sites is 3. The summed E-state index contributed by atoms with van der Waals surface area (Å²) >= 11 is 0. The molecule has 0 radical (unpaired) electrons. The fourth-order valence-electron chi connectivity index (χ4n) is 5.87. The van der Waals surface area contributed by atoms with Crippen LogP contribution < -0.4 is 4.90 Å². The van der Waals surface area contributed by atoms with Gasteiger partial charge in [-0.05, 0) is 74.9 Å². The second-order valence-corrected chi connectivity index (χ2v) is 9.90. The van der Waals surface area contributed by atoms with Crippen LogP contribution in [0.3, 0.4) is 0 Å². The molecule has 7 rings (SSSR count). The molecule has 6 heteroatoms. The van der Waals surface area contributed by atoms with Crippen molar-refractivity contribution in [3.63, 3.8) is 0 Å². The minimum atomic E-state index is 0. The summed E-state index contributed by atoms with van der Waals surface area (Å²) in [5.41, 5.74) is 8.34. The zero-order chi connectivity index (χ0) is 24.6. The summed E-state index contributed by atoms with van der Waals surface area (Å²) in [6, 6.07) is 33.7. The Morgan fingerprint density at radius 2 is 1.05 bits per heavy atom. The van der Waals surface area contributed by atoms with E-state index >= 15 is 0 Å². The Morgan fingerprint density at radius 1 is 0.579 bits per heavy atom. The smallest absolute Gasteiger partial charge is 0.276 e. The molecule has 2 aromatic heterocycles. The van der Waals surface area contributed by atoms with Gasteiger partial charge in [0.25, 0.3) is 0 Å². The van der Waals surface area contributed by atoms with Crippen LogP contribution in [0.25, 0.3) is 11.4 Å². The van der Waals surface area contributed by atoms with Crippen LogP contribution in [-0.2, 0) is 46.7 Å². The summed E-state index contributed by atoms with van der Waals surface area (Å²) in [7, 11) is 0. The molecule has 2 aliphatic rings. The third-order valence-corrected chi connectivity index (χ3v) is 7.60. The molecule has 5 nitrogen and oxygen atoms in total. The van der Waals surface area contributed by atoms with E-state index in [9.17, 15) is 0 Å². The maximum atomic E-state index is 5.30. The summed E-state index contributed by atoms with van der Waals surface area (Å²) in [6.45, 7) is 0. The third-order valence-electron chi connectivity index (χ3n) is 7.60. The number of rotatable bonds is 5. The first-order valence-corrected chi connectivity index (χ1v) is 13.4. The average molecular weight is 679 g/mol. The van der Waals surface area contributed by atoms with Gasteiger partial charge in [-0.2, -0.15) is 58.7 Å². The zero-order valence-electron chi connectivity index (χ0n) is 21.2. The van der Waals surface area contributed by atoms with E-state index in [1.165, 1.54) is 48.2 Å². The van der Waals surface area contributed by atoms with Gasteiger partial charge in [0.1, 0.15) is 0 Å². The van der Waals surface area contributed by atoms with Crippen LogP contribution in [0.1, 0.15) is 48.2 Å². The van der Waals surface area contributed by atoms with Crippen LogP contribution in [0.4, 0.5) is 17.3 Å². The molecule has 0 bridgehead atoms. The van der Waals surface area contributed by atoms with Gasteiger partial charge in [0, 0.05) is 28.2 Å². The zero-order valence-corrected chi connectivity index (χ0v) is 23.5. The van der Waals surface area contributed by atoms with Crippen molar-refractivity contribution >= 4 is 17.3 Å². The predicted octanol–water partition coefficient (Wildman–Crippen LogP) is 6.88. The van der Waals surface area contributed by atoms with Gasteiger partial charge in [-0.25, -0.2) is 0 Å². The second kappa shape index (κ2) is 10.7. The van der Waals surface area contributed by atoms with E-state index in [4.69, 9.17) is 10.2 Å². The summed E-state index contributed by atoms with van der Waals surface area (Å²) < 4.78 is 4.24. The van der Waals surface area contributed by atoms with Crippen LogP contribution in [0, 0.1) is 12.1 Å². The minimum absolute atomic E-state index is 0. The SMILES string of the molecule is [Pt+2].[c-]1ccccc1-n1nc(N(c2ccccc2)c2nn(-c3[c-]cccc3)c3c2CCCC3)c2c1CCCC2. The van der Waals surface area contributed by atoms with E-state index < -0.39 is 0 Å². The maximum absolute atomic E-state index is 5.30. The number of benzene rings is 3. The van der Waals surface area contributed by atoms with Gasteiger partial charge in [0.2, 0.25) is 0 Å². The topological polar surface area (TPSA) is 38.9 Å². The molecule has 0 aliphatic heterocycles. The van der Waals surface area contributed by atoms with Crippen LogP contribution in [0.15, 0.2) is 78.9 Å². The van der Waals surface area contributed by atoms with Crippen molar-refractivity contribution in [3.8, 4) is 11.4 Å². The quantitative estimate of drug-likeness (QED) is 0.190. The van der Waals surface area contributed by atoms with Crippen molar-refractivity contribution in [2.75, 3.05) is 4.90 Å². The minimum Gasteiger partial charge on any atom is -0.276 e. The first-order chi connectivity index (χ1) is 18.4. The molecule has 3 aromatic carbocycles. The molecule has 0 fully saturated rings. The van der Waals surface area contributed by atoms with Gasteiger partial charge < -0.3 is 0 Å². The second-order valence-electron chi connectivity index (χ2n) is 9.90. The molecule has 2 heterocycles. The number of anilines is 3. The Labute approximate surface area is 238 Å². The van der Waals surface area contributed by atoms with Crippen molar-refractivity contribution in [1.29, 1.82) is 0 Å². The van der Waals surface area contributed by atoms with Crippen molar-refractivity contribution in [2.24, 2.45) is 0 Å². The summed E-state index contributed by atoms with van der Waals surface area (Å²) in [5.74, 6) is 1.99. The van der Waals surface area contributed by atoms with Crippen LogP contribution >= 0.6 is 0 Å². The maximum Gasteiger partial charge on any atom is 2.00 e. The molecular weight excluding hydrogens is 649 g/mol. The van der Waals surface area contributed by atoms with Gasteiger partial charge in [0.05, 0.1) is 0 Å². The molecule has 0 amide bonds. The van der Waals surface area contributed by atoms with E-state index in [-0.39, 0.29) is 21.1 Å². The number of aromatic nitrogens is 4. The summed E-state index contributed by atoms with van der Waals surface area (Å²) in [6.07, 6.45) is 8.83. The Kier molecular flexibility index (Phi) is 7.03. The number of fused-ring (bicyclic) bond motifs is 2. The molecule has 0 unspecified atom stereocenters. The van der Waals surface area contributed by atoms with Gasteiger partial charge >= 0.3 is 21.1 Å². The molecule has 192 valence electrons. The molecule has 0 atom stereocenters. The Balaban J connectivity index is 0.00000264. The molecule has 0 spiro atoms. The number of hydrogen-bond donors (Lipinski definition) is 0. The first kappa shape index (κ1) is 24.9. The molecule has 0 N–H and O–H groups in total. The van der Waals surface area contributed by atoms with E-state index in [0.29, 0.717) is 0 Å². The van der Waals surface area contributed by atoms with Crippen molar-refractivity contribution in [3.05, 3.63) is 114 Å². The normalized spacial score (nSPS) is 14.3. The Morgan fingerprint density at radius 3 is 1.53 bits per heavy atom. The molecular formula is C32H29N5Pt. The fourth-order valence-corrected chi connectivity index (χ4v) is 5.87. The van der Waals surface area contributed by atoms with Crippen molar-refractivity contribution in [2.45, 2.75) is 51.4 Å². The van der Waals surface area contributed by atoms with Crippen LogP contribution in [0.2, 0.25) is 0 Å². The van der Waals surface area contributed by atoms with E-state index in [1.807, 2.05) is 24.3 Å². The van der Waals surface area contributed by atoms with E-state index in [2.05, 4.69) is 81.0 Å². The molecule has 2 aliphatic carbocycles. The van der Waals surface area contributed by atoms with E-state index in [0.717, 1.165) is 54.4 Å². The number of hydrogen-bond acceptors (Lipinski definition) is 3. The van der Waals surface area contributed by atoms with Crippen LogP contribution in [0.5, 0.6) is 0 Å². The van der Waals surface area contributed by atoms with Gasteiger partial charge in [0.15, 0.2) is 11.6 Å². The molecule has 5 aromatic rings. The van der Waals surface area contributed by atoms with Crippen LogP contribution in [-0.4, -0.2) is 19.6 Å². The summed E-state index contributed by atoms with van der Waals surface area (Å²) in [4.78, 5) is 2.31. The van der Waals surface area contributed by atoms with Crippen molar-refractivity contribution < 1.29 is 21.1 Å². The number of nitrogens with zero attached hydrogens (tertiary/aromatic N) is 5. The van der Waals surface area contributed by atoms with Gasteiger partial charge in [-0.15, -0.1) is 12.1 Å². The molecule has 0 saturated heterocycles. The Hall–Kier alpha value is -3.43. The van der Waals surface area contributed by atoms with E-state index in [1.54, 1.807) is 0 Å². The monoisotopic (exact) mass is 678 g/mol. The Bertz CT molecular complexity index is 1430. The largest absolute Gasteiger partial charge is 2.00 e. The summed E-state index contributed by atoms with van der Waals surface area (Å²) in [5, 5.41) is 10.6. The molecule has 0 saturated carbocycles. The first-order valence-electron chi connectivity index (χ1n) is 13.4. The molecule has 38 heavy (non-hydrogen) atoms. The fraction of sp³-hybridized carbons (Fsp3) is 0.250. The average Bonchev–Trinajstić information content (AvgIpc) is 3.55. The third kappa shape index (κ3) is 4.33. The van der Waals surface area contributed by atoms with Gasteiger partial charge in [-0.3, -0.25) is 14.3 Å². The predicted molar refractivity (Wildman–Crippen MR) is 146 cm³/mol.